The van der Waals surface area contributed by atoms with Crippen LogP contribution >= 0.6 is 0 Å². The molecule has 0 spiro atoms. The third-order valence-electron chi connectivity index (χ3n) is 4.60. The zero-order chi connectivity index (χ0) is 23.0. The Morgan fingerprint density at radius 2 is 1.65 bits per heavy atom. The van der Waals surface area contributed by atoms with Crippen LogP contribution in [0.3, 0.4) is 0 Å². The summed E-state index contributed by atoms with van der Waals surface area (Å²) in [6.45, 7) is 6.49. The quantitative estimate of drug-likeness (QED) is 0.560. The lowest BCUT2D eigenvalue weighted by atomic mass is 10.1. The smallest absolute Gasteiger partial charge is 0.310 e. The van der Waals surface area contributed by atoms with Crippen molar-refractivity contribution in [2.75, 3.05) is 31.5 Å². The molecule has 1 atom stereocenters. The summed E-state index contributed by atoms with van der Waals surface area (Å²) in [5.41, 5.74) is 0.733. The van der Waals surface area contributed by atoms with Gasteiger partial charge in [0.15, 0.2) is 0 Å². The highest BCUT2D eigenvalue weighted by Crippen LogP contribution is 2.20. The Labute approximate surface area is 183 Å². The average Bonchev–Trinajstić information content (AvgIpc) is 2.77. The van der Waals surface area contributed by atoms with E-state index in [0.29, 0.717) is 30.2 Å². The number of amides is 1. The molecule has 1 N–H and O–H groups in total. The molecule has 0 radical (unpaired) electrons. The van der Waals surface area contributed by atoms with Gasteiger partial charge < -0.3 is 14.4 Å². The molecule has 2 aromatic carbocycles. The first-order valence-corrected chi connectivity index (χ1v) is 11.4. The fourth-order valence-electron chi connectivity index (χ4n) is 2.92. The molecule has 0 saturated carbocycles. The number of nitrogens with zero attached hydrogens (tertiary/aromatic N) is 1. The van der Waals surface area contributed by atoms with Crippen LogP contribution in [0.1, 0.15) is 31.1 Å². The lowest BCUT2D eigenvalue weighted by molar-refractivity contribution is -0.145. The zero-order valence-corrected chi connectivity index (χ0v) is 18.9. The van der Waals surface area contributed by atoms with Crippen LogP contribution in [0, 0.1) is 5.92 Å². The highest BCUT2D eigenvalue weighted by atomic mass is 32.2. The maximum atomic E-state index is 12.8. The topological polar surface area (TPSA) is 102 Å². The summed E-state index contributed by atoms with van der Waals surface area (Å²) in [5, 5.41) is 0. The number of benzene rings is 2. The molecule has 0 aliphatic heterocycles. The minimum absolute atomic E-state index is 0.0314. The van der Waals surface area contributed by atoms with Crippen molar-refractivity contribution < 1.29 is 27.5 Å². The van der Waals surface area contributed by atoms with E-state index in [1.54, 1.807) is 31.2 Å². The highest BCUT2D eigenvalue weighted by molar-refractivity contribution is 7.92. The van der Waals surface area contributed by atoms with Crippen molar-refractivity contribution >= 4 is 27.6 Å². The fraction of sp³-hybridized carbons (Fsp3) is 0.364. The predicted octanol–water partition coefficient (Wildman–Crippen LogP) is 3.16. The minimum atomic E-state index is -3.82. The summed E-state index contributed by atoms with van der Waals surface area (Å²) in [4.78, 5) is 25.9. The summed E-state index contributed by atoms with van der Waals surface area (Å²) in [6, 6.07) is 12.3. The van der Waals surface area contributed by atoms with Crippen LogP contribution in [-0.2, 0) is 19.6 Å². The number of carbonyl (C=O) groups is 2. The number of anilines is 1. The van der Waals surface area contributed by atoms with Gasteiger partial charge >= 0.3 is 5.97 Å². The van der Waals surface area contributed by atoms with Crippen molar-refractivity contribution in [3.05, 3.63) is 54.1 Å². The van der Waals surface area contributed by atoms with Crippen LogP contribution in [0.5, 0.6) is 5.75 Å². The van der Waals surface area contributed by atoms with Gasteiger partial charge in [-0.2, -0.15) is 0 Å². The second-order valence-electron chi connectivity index (χ2n) is 6.86. The molecule has 2 aromatic rings. The lowest BCUT2D eigenvalue weighted by Crippen LogP contribution is -2.37. The summed E-state index contributed by atoms with van der Waals surface area (Å²) in [6.07, 6.45) is 0. The number of hydrogen-bond donors (Lipinski definition) is 1. The molecule has 0 aliphatic carbocycles. The van der Waals surface area contributed by atoms with Crippen LogP contribution in [0.4, 0.5) is 5.69 Å². The van der Waals surface area contributed by atoms with E-state index in [1.165, 1.54) is 36.3 Å². The Hall–Kier alpha value is -3.07. The number of methoxy groups -OCH3 is 1. The average molecular weight is 449 g/mol. The van der Waals surface area contributed by atoms with E-state index in [2.05, 4.69) is 4.72 Å². The Morgan fingerprint density at radius 3 is 2.16 bits per heavy atom. The van der Waals surface area contributed by atoms with Crippen LogP contribution in [0.2, 0.25) is 0 Å². The van der Waals surface area contributed by atoms with E-state index >= 15 is 0 Å². The summed E-state index contributed by atoms with van der Waals surface area (Å²) >= 11 is 0. The molecule has 1 unspecified atom stereocenters. The van der Waals surface area contributed by atoms with Gasteiger partial charge in [-0.05, 0) is 62.4 Å². The molecule has 0 fully saturated rings. The third kappa shape index (κ3) is 6.45. The van der Waals surface area contributed by atoms with Crippen LogP contribution < -0.4 is 9.46 Å². The monoisotopic (exact) mass is 448 g/mol. The molecule has 168 valence electrons. The first-order valence-electron chi connectivity index (χ1n) is 9.94. The Morgan fingerprint density at radius 1 is 1.03 bits per heavy atom. The summed E-state index contributed by atoms with van der Waals surface area (Å²) < 4.78 is 37.8. The maximum absolute atomic E-state index is 12.8. The maximum Gasteiger partial charge on any atom is 0.310 e. The van der Waals surface area contributed by atoms with Crippen LogP contribution in [-0.4, -0.2) is 52.0 Å². The van der Waals surface area contributed by atoms with Gasteiger partial charge in [0.25, 0.3) is 15.9 Å². The second-order valence-corrected chi connectivity index (χ2v) is 8.54. The molecule has 31 heavy (non-hydrogen) atoms. The standard InChI is InChI=1S/C22H28N2O6S/c1-5-24(15-16(3)22(26)29-4)21(25)17-7-13-20(14-8-17)31(27,28)23-18-9-11-19(12-10-18)30-6-2/h7-14,16,23H,5-6,15H2,1-4H3. The number of sulfonamides is 1. The van der Waals surface area contributed by atoms with Gasteiger partial charge in [0, 0.05) is 24.3 Å². The van der Waals surface area contributed by atoms with E-state index in [4.69, 9.17) is 9.47 Å². The molecule has 0 aliphatic rings. The molecule has 0 heterocycles. The number of nitrogens with one attached hydrogen (secondary N) is 1. The Balaban J connectivity index is 2.11. The highest BCUT2D eigenvalue weighted by Gasteiger charge is 2.22. The van der Waals surface area contributed by atoms with E-state index in [-0.39, 0.29) is 17.3 Å². The number of rotatable bonds is 10. The predicted molar refractivity (Wildman–Crippen MR) is 118 cm³/mol. The molecule has 1 amide bonds. The lowest BCUT2D eigenvalue weighted by Gasteiger charge is -2.23. The fourth-order valence-corrected chi connectivity index (χ4v) is 3.98. The largest absolute Gasteiger partial charge is 0.494 e. The van der Waals surface area contributed by atoms with Gasteiger partial charge in [0.1, 0.15) is 5.75 Å². The molecule has 2 rings (SSSR count). The van der Waals surface area contributed by atoms with Crippen molar-refractivity contribution in [1.82, 2.24) is 4.90 Å². The summed E-state index contributed by atoms with van der Waals surface area (Å²) in [5.74, 6) is -0.503. The van der Waals surface area contributed by atoms with E-state index in [1.807, 2.05) is 13.8 Å². The summed E-state index contributed by atoms with van der Waals surface area (Å²) in [7, 11) is -2.51. The van der Waals surface area contributed by atoms with Gasteiger partial charge in [-0.3, -0.25) is 14.3 Å². The number of esters is 1. The van der Waals surface area contributed by atoms with Crippen molar-refractivity contribution in [3.8, 4) is 5.75 Å². The second kappa shape index (κ2) is 10.8. The number of hydrogen-bond acceptors (Lipinski definition) is 6. The van der Waals surface area contributed by atoms with Crippen molar-refractivity contribution in [2.24, 2.45) is 5.92 Å². The first kappa shape index (κ1) is 24.2. The molecule has 0 saturated heterocycles. The van der Waals surface area contributed by atoms with E-state index in [9.17, 15) is 18.0 Å². The molecule has 0 aromatic heterocycles. The van der Waals surface area contributed by atoms with Gasteiger partial charge in [-0.15, -0.1) is 0 Å². The third-order valence-corrected chi connectivity index (χ3v) is 5.99. The molecule has 9 heteroatoms. The first-order chi connectivity index (χ1) is 14.7. The van der Waals surface area contributed by atoms with Crippen molar-refractivity contribution in [1.29, 1.82) is 0 Å². The van der Waals surface area contributed by atoms with Crippen molar-refractivity contribution in [3.63, 3.8) is 0 Å². The van der Waals surface area contributed by atoms with E-state index < -0.39 is 21.9 Å². The molecular weight excluding hydrogens is 420 g/mol. The van der Waals surface area contributed by atoms with Crippen LogP contribution in [0.25, 0.3) is 0 Å². The van der Waals surface area contributed by atoms with Crippen LogP contribution in [0.15, 0.2) is 53.4 Å². The van der Waals surface area contributed by atoms with E-state index in [0.717, 1.165) is 0 Å². The number of carbonyl (C=O) groups excluding carboxylic acids is 2. The van der Waals surface area contributed by atoms with Gasteiger partial charge in [0.05, 0.1) is 24.5 Å². The zero-order valence-electron chi connectivity index (χ0n) is 18.1. The molecule has 8 nitrogen and oxygen atoms in total. The minimum Gasteiger partial charge on any atom is -0.494 e. The SMILES string of the molecule is CCOc1ccc(NS(=O)(=O)c2ccc(C(=O)N(CC)CC(C)C(=O)OC)cc2)cc1. The molecular formula is C22H28N2O6S. The normalized spacial score (nSPS) is 12.0. The number of ether oxygens (including phenoxy) is 2. The van der Waals surface area contributed by atoms with Gasteiger partial charge in [0.2, 0.25) is 0 Å². The van der Waals surface area contributed by atoms with Gasteiger partial charge in [-0.1, -0.05) is 6.92 Å². The van der Waals surface area contributed by atoms with Gasteiger partial charge in [-0.25, -0.2) is 8.42 Å². The Kier molecular flexibility index (Phi) is 8.44. The van der Waals surface area contributed by atoms with Crippen molar-refractivity contribution in [2.45, 2.75) is 25.7 Å². The Bertz CT molecular complexity index is 988. The molecule has 0 bridgehead atoms.